The van der Waals surface area contributed by atoms with Gasteiger partial charge in [0, 0.05) is 56.5 Å². The Balaban J connectivity index is 0.987. The normalized spacial score (nSPS) is 13.6. The van der Waals surface area contributed by atoms with Crippen LogP contribution in [0.25, 0.3) is 38.9 Å². The molecule has 0 aliphatic carbocycles. The maximum absolute atomic E-state index is 6.68. The Kier molecular flexibility index (Phi) is 8.90. The lowest BCUT2D eigenvalue weighted by atomic mass is 9.73. The fourth-order valence-electron chi connectivity index (χ4n) is 8.85. The summed E-state index contributed by atoms with van der Waals surface area (Å²) in [5.74, 6) is 1.50. The highest BCUT2D eigenvalue weighted by Gasteiger charge is 2.32. The third kappa shape index (κ3) is 6.31. The van der Waals surface area contributed by atoms with Crippen LogP contribution < -0.4 is 14.5 Å². The van der Waals surface area contributed by atoms with Gasteiger partial charge in [-0.25, -0.2) is 0 Å². The summed E-state index contributed by atoms with van der Waals surface area (Å²) in [5.41, 5.74) is 13.0. The van der Waals surface area contributed by atoms with Gasteiger partial charge in [-0.2, -0.15) is 4.98 Å². The summed E-state index contributed by atoms with van der Waals surface area (Å²) in [6.07, 6.45) is 0. The van der Waals surface area contributed by atoms with Gasteiger partial charge in [-0.05, 0) is 90.7 Å². The van der Waals surface area contributed by atoms with Crippen LogP contribution in [0.5, 0.6) is 11.5 Å². The zero-order chi connectivity index (χ0) is 41.2. The number of aromatic nitrogens is 2. The second-order valence-corrected chi connectivity index (χ2v) is 17.0. The predicted octanol–water partition coefficient (Wildman–Crippen LogP) is 13.9. The number of nitrogens with zero attached hydrogens (tertiary/aromatic N) is 4. The van der Waals surface area contributed by atoms with Crippen LogP contribution in [0.1, 0.15) is 63.8 Å². The Bertz CT molecular complexity index is 2980. The summed E-state index contributed by atoms with van der Waals surface area (Å²) in [6, 6.07) is 60.4. The Hall–Kier alpha value is -7.05. The van der Waals surface area contributed by atoms with Crippen molar-refractivity contribution in [3.63, 3.8) is 0 Å². The first kappa shape index (κ1) is 37.2. The van der Waals surface area contributed by atoms with E-state index in [1.807, 2.05) is 42.5 Å². The second-order valence-electron chi connectivity index (χ2n) is 17.0. The molecule has 6 nitrogen and oxygen atoms in total. The van der Waals surface area contributed by atoms with Gasteiger partial charge in [0.25, 0.3) is 0 Å². The Morgan fingerprint density at radius 2 is 1.08 bits per heavy atom. The summed E-state index contributed by atoms with van der Waals surface area (Å²) in [6.45, 7) is 14.5. The van der Waals surface area contributed by atoms with E-state index in [1.165, 1.54) is 39.3 Å². The minimum absolute atomic E-state index is 0.212. The van der Waals surface area contributed by atoms with Crippen molar-refractivity contribution >= 4 is 44.3 Å². The zero-order valence-electron chi connectivity index (χ0n) is 35.0. The molecule has 296 valence electrons. The van der Waals surface area contributed by atoms with Gasteiger partial charge in [-0.15, -0.1) is 0 Å². The minimum Gasteiger partial charge on any atom is -0.457 e. The molecule has 0 spiro atoms. The average Bonchev–Trinajstić information content (AvgIpc) is 3.95. The van der Waals surface area contributed by atoms with Crippen molar-refractivity contribution in [1.29, 1.82) is 0 Å². The molecular formula is C54H48N4O2. The maximum Gasteiger partial charge on any atom is 0.307 e. The molecule has 0 saturated heterocycles. The smallest absolute Gasteiger partial charge is 0.307 e. The molecule has 0 bridgehead atoms. The third-order valence-electron chi connectivity index (χ3n) is 12.8. The van der Waals surface area contributed by atoms with Crippen LogP contribution in [0.2, 0.25) is 0 Å². The van der Waals surface area contributed by atoms with Gasteiger partial charge in [0.1, 0.15) is 17.0 Å². The Morgan fingerprint density at radius 3 is 1.77 bits per heavy atom. The van der Waals surface area contributed by atoms with E-state index in [0.717, 1.165) is 50.1 Å². The number of rotatable bonds is 9. The molecule has 3 heterocycles. The number of benzene rings is 7. The van der Waals surface area contributed by atoms with E-state index in [9.17, 15) is 0 Å². The lowest BCUT2D eigenvalue weighted by Crippen LogP contribution is -2.29. The number of anilines is 2. The van der Waals surface area contributed by atoms with Crippen LogP contribution in [0.15, 0.2) is 186 Å². The fourth-order valence-corrected chi connectivity index (χ4v) is 8.85. The van der Waals surface area contributed by atoms with Crippen molar-refractivity contribution in [2.24, 2.45) is 0 Å². The predicted molar refractivity (Wildman–Crippen MR) is 247 cm³/mol. The highest BCUT2D eigenvalue weighted by molar-refractivity contribution is 6.09. The molecule has 7 aromatic carbocycles. The molecule has 0 fully saturated rings. The van der Waals surface area contributed by atoms with E-state index in [1.54, 1.807) is 0 Å². The number of ether oxygens (including phenoxy) is 1. The SMILES string of the molecule is CC1=C(C)N(c2cc(C(C)(C)c3ccccc3)cc(C(C)(C)c3ccccc3)c2)CN1c1cccc(Oc2ccc3c4ccccc4n(-c4nc5ccccc5o4)c3c2)c1. The lowest BCUT2D eigenvalue weighted by molar-refractivity contribution is 0.483. The third-order valence-corrected chi connectivity index (χ3v) is 12.8. The van der Waals surface area contributed by atoms with Crippen LogP contribution in [0.3, 0.4) is 0 Å². The molecule has 0 N–H and O–H groups in total. The summed E-state index contributed by atoms with van der Waals surface area (Å²) in [4.78, 5) is 9.71. The standard InChI is InChI=1S/C54H48N4O2/c1-36-37(2)57(43-31-40(53(3,4)38-18-9-7-10-19-38)30-41(32-43)54(5,6)39-20-11-8-12-21-39)35-56(36)42-22-17-23-44(33-42)59-45-28-29-47-46-24-13-15-26-49(46)58(50(47)34-45)52-55-48-25-14-16-27-51(48)60-52/h7-34H,35H2,1-6H3. The van der Waals surface area contributed by atoms with Crippen molar-refractivity contribution in [2.75, 3.05) is 16.5 Å². The molecule has 0 radical (unpaired) electrons. The molecule has 10 rings (SSSR count). The Labute approximate surface area is 351 Å². The molecule has 9 aromatic rings. The van der Waals surface area contributed by atoms with E-state index < -0.39 is 0 Å². The average molecular weight is 785 g/mol. The first-order valence-electron chi connectivity index (χ1n) is 20.7. The minimum atomic E-state index is -0.212. The molecule has 1 aliphatic heterocycles. The van der Waals surface area contributed by atoms with E-state index in [2.05, 4.69) is 183 Å². The van der Waals surface area contributed by atoms with E-state index in [0.29, 0.717) is 12.7 Å². The molecule has 1 aliphatic rings. The first-order valence-corrected chi connectivity index (χ1v) is 20.7. The fraction of sp³-hybridized carbons (Fsp3) is 0.167. The van der Waals surface area contributed by atoms with Crippen LogP contribution in [-0.4, -0.2) is 16.2 Å². The summed E-state index contributed by atoms with van der Waals surface area (Å²) < 4.78 is 15.1. The van der Waals surface area contributed by atoms with Gasteiger partial charge < -0.3 is 19.0 Å². The number of hydrogen-bond donors (Lipinski definition) is 0. The van der Waals surface area contributed by atoms with Gasteiger partial charge in [-0.3, -0.25) is 4.57 Å². The number of allylic oxidation sites excluding steroid dienone is 2. The molecule has 0 amide bonds. The molecule has 0 atom stereocenters. The van der Waals surface area contributed by atoms with Crippen molar-refractivity contribution in [3.8, 4) is 17.5 Å². The van der Waals surface area contributed by atoms with Crippen molar-refractivity contribution < 1.29 is 9.15 Å². The van der Waals surface area contributed by atoms with Crippen molar-refractivity contribution in [1.82, 2.24) is 9.55 Å². The quantitative estimate of drug-likeness (QED) is 0.146. The molecule has 6 heteroatoms. The van der Waals surface area contributed by atoms with Crippen LogP contribution >= 0.6 is 0 Å². The first-order chi connectivity index (χ1) is 29.1. The summed E-state index contributed by atoms with van der Waals surface area (Å²) in [5, 5.41) is 2.23. The Morgan fingerprint density at radius 1 is 0.500 bits per heavy atom. The van der Waals surface area contributed by atoms with Crippen LogP contribution in [-0.2, 0) is 10.8 Å². The topological polar surface area (TPSA) is 46.7 Å². The maximum atomic E-state index is 6.68. The van der Waals surface area contributed by atoms with Crippen LogP contribution in [0.4, 0.5) is 11.4 Å². The summed E-state index contributed by atoms with van der Waals surface area (Å²) >= 11 is 0. The second kappa shape index (κ2) is 14.3. The monoisotopic (exact) mass is 784 g/mol. The number of fused-ring (bicyclic) bond motifs is 4. The number of oxazole rings is 1. The van der Waals surface area contributed by atoms with Gasteiger partial charge in [0.2, 0.25) is 0 Å². The molecule has 2 aromatic heterocycles. The molecule has 0 saturated carbocycles. The highest BCUT2D eigenvalue weighted by atomic mass is 16.5. The van der Waals surface area contributed by atoms with Crippen molar-refractivity contribution in [3.05, 3.63) is 204 Å². The van der Waals surface area contributed by atoms with Gasteiger partial charge in [0.15, 0.2) is 5.58 Å². The summed E-state index contributed by atoms with van der Waals surface area (Å²) in [7, 11) is 0. The van der Waals surface area contributed by atoms with Crippen LogP contribution in [0, 0.1) is 0 Å². The zero-order valence-corrected chi connectivity index (χ0v) is 35.0. The lowest BCUT2D eigenvalue weighted by Gasteiger charge is -2.33. The van der Waals surface area contributed by atoms with Crippen molar-refractivity contribution in [2.45, 2.75) is 52.4 Å². The molecule has 0 unspecified atom stereocenters. The van der Waals surface area contributed by atoms with Gasteiger partial charge in [0.05, 0.1) is 17.7 Å². The van der Waals surface area contributed by atoms with Gasteiger partial charge in [-0.1, -0.05) is 131 Å². The highest BCUT2D eigenvalue weighted by Crippen LogP contribution is 2.43. The number of hydrogen-bond acceptors (Lipinski definition) is 5. The van der Waals surface area contributed by atoms with Gasteiger partial charge >= 0.3 is 6.01 Å². The largest absolute Gasteiger partial charge is 0.457 e. The molecule has 60 heavy (non-hydrogen) atoms. The van der Waals surface area contributed by atoms with E-state index in [4.69, 9.17) is 14.1 Å². The van der Waals surface area contributed by atoms with E-state index in [-0.39, 0.29) is 10.8 Å². The number of para-hydroxylation sites is 3. The van der Waals surface area contributed by atoms with E-state index >= 15 is 0 Å². The molecular weight excluding hydrogens is 737 g/mol.